The molecule has 0 spiro atoms. The lowest BCUT2D eigenvalue weighted by molar-refractivity contribution is -0.119. The van der Waals surface area contributed by atoms with Gasteiger partial charge < -0.3 is 16.4 Å². The van der Waals surface area contributed by atoms with Crippen LogP contribution in [0.2, 0.25) is 0 Å². The fourth-order valence-electron chi connectivity index (χ4n) is 2.79. The minimum Gasteiger partial charge on any atom is -0.369 e. The zero-order valence-corrected chi connectivity index (χ0v) is 19.0. The molecule has 0 aromatic carbocycles. The third-order valence-corrected chi connectivity index (χ3v) is 5.31. The molecule has 0 saturated carbocycles. The number of halogens is 1. The minimum atomic E-state index is -0.259. The third kappa shape index (κ3) is 7.75. The number of amides is 1. The van der Waals surface area contributed by atoms with E-state index in [1.54, 1.807) is 11.3 Å². The zero-order chi connectivity index (χ0) is 18.2. The van der Waals surface area contributed by atoms with Crippen molar-refractivity contribution in [2.75, 3.05) is 26.2 Å². The van der Waals surface area contributed by atoms with Crippen molar-refractivity contribution >= 4 is 47.2 Å². The Hall–Kier alpha value is -0.940. The number of aliphatic imine (C=N–C) groups is 1. The van der Waals surface area contributed by atoms with E-state index in [4.69, 9.17) is 5.73 Å². The van der Waals surface area contributed by atoms with Crippen LogP contribution in [0.5, 0.6) is 0 Å². The van der Waals surface area contributed by atoms with E-state index in [2.05, 4.69) is 51.7 Å². The molecule has 1 aliphatic heterocycles. The summed E-state index contributed by atoms with van der Waals surface area (Å²) >= 11 is 1.70. The molecule has 148 valence electrons. The van der Waals surface area contributed by atoms with Crippen molar-refractivity contribution in [2.24, 2.45) is 10.7 Å². The molecular weight excluding hydrogens is 463 g/mol. The number of carbonyl (C=O) groups is 1. The number of hydrogen-bond acceptors (Lipinski definition) is 5. The maximum absolute atomic E-state index is 11.0. The summed E-state index contributed by atoms with van der Waals surface area (Å²) in [6.45, 7) is 9.88. The number of nitrogens with two attached hydrogens (primary N) is 1. The standard InChI is InChI=1S/C17H30N6OS.HI/c1-4-19-17(20-9-14-11-25-16(21-14)12(2)3)22-13-5-7-23(8-6-13)10-15(18)24;/h11-13H,4-10H2,1-3H3,(H2,18,24)(H2,19,20,22);1H. The van der Waals surface area contributed by atoms with Crippen LogP contribution >= 0.6 is 35.3 Å². The highest BCUT2D eigenvalue weighted by Gasteiger charge is 2.20. The Morgan fingerprint density at radius 3 is 2.69 bits per heavy atom. The van der Waals surface area contributed by atoms with E-state index >= 15 is 0 Å². The van der Waals surface area contributed by atoms with Gasteiger partial charge in [0.05, 0.1) is 23.8 Å². The van der Waals surface area contributed by atoms with Crippen LogP contribution in [0.3, 0.4) is 0 Å². The largest absolute Gasteiger partial charge is 0.369 e. The Balaban J connectivity index is 0.00000338. The summed E-state index contributed by atoms with van der Waals surface area (Å²) in [7, 11) is 0. The highest BCUT2D eigenvalue weighted by molar-refractivity contribution is 14.0. The molecule has 1 fully saturated rings. The predicted molar refractivity (Wildman–Crippen MR) is 118 cm³/mol. The predicted octanol–water partition coefficient (Wildman–Crippen LogP) is 1.89. The summed E-state index contributed by atoms with van der Waals surface area (Å²) in [6, 6.07) is 0.364. The first-order valence-corrected chi connectivity index (χ1v) is 9.85. The number of rotatable bonds is 7. The van der Waals surface area contributed by atoms with Crippen LogP contribution in [0, 0.1) is 0 Å². The van der Waals surface area contributed by atoms with Crippen molar-refractivity contribution in [2.45, 2.75) is 52.1 Å². The van der Waals surface area contributed by atoms with Crippen LogP contribution in [0.1, 0.15) is 50.2 Å². The SMILES string of the molecule is CCNC(=NCc1csc(C(C)C)n1)NC1CCN(CC(N)=O)CC1.I. The number of likely N-dealkylation sites (tertiary alicyclic amines) is 1. The number of hydrogen-bond donors (Lipinski definition) is 3. The summed E-state index contributed by atoms with van der Waals surface area (Å²) in [4.78, 5) is 22.4. The summed E-state index contributed by atoms with van der Waals surface area (Å²) in [5.41, 5.74) is 6.28. The van der Waals surface area contributed by atoms with Crippen molar-refractivity contribution in [3.63, 3.8) is 0 Å². The van der Waals surface area contributed by atoms with Crippen LogP contribution in [0.4, 0.5) is 0 Å². The van der Waals surface area contributed by atoms with Crippen LogP contribution in [-0.2, 0) is 11.3 Å². The summed E-state index contributed by atoms with van der Waals surface area (Å²) in [5.74, 6) is 1.03. The molecule has 1 aromatic rings. The van der Waals surface area contributed by atoms with E-state index < -0.39 is 0 Å². The summed E-state index contributed by atoms with van der Waals surface area (Å²) < 4.78 is 0. The monoisotopic (exact) mass is 494 g/mol. The number of carbonyl (C=O) groups excluding carboxylic acids is 1. The molecule has 4 N–H and O–H groups in total. The highest BCUT2D eigenvalue weighted by atomic mass is 127. The molecule has 0 atom stereocenters. The van der Waals surface area contributed by atoms with Gasteiger partial charge in [-0.15, -0.1) is 35.3 Å². The average molecular weight is 494 g/mol. The molecule has 1 amide bonds. The molecule has 0 aliphatic carbocycles. The first-order chi connectivity index (χ1) is 12.0. The summed E-state index contributed by atoms with van der Waals surface area (Å²) in [5, 5.41) is 10.0. The quantitative estimate of drug-likeness (QED) is 0.306. The first-order valence-electron chi connectivity index (χ1n) is 8.97. The van der Waals surface area contributed by atoms with Crippen molar-refractivity contribution < 1.29 is 4.79 Å². The van der Waals surface area contributed by atoms with Crippen molar-refractivity contribution in [1.29, 1.82) is 0 Å². The van der Waals surface area contributed by atoms with Gasteiger partial charge in [0.25, 0.3) is 0 Å². The second-order valence-electron chi connectivity index (χ2n) is 6.69. The van der Waals surface area contributed by atoms with Gasteiger partial charge in [-0.25, -0.2) is 9.98 Å². The number of guanidine groups is 1. The molecule has 1 aromatic heterocycles. The molecule has 0 unspecified atom stereocenters. The number of piperidine rings is 1. The maximum atomic E-state index is 11.0. The van der Waals surface area contributed by atoms with Gasteiger partial charge in [0, 0.05) is 37.0 Å². The molecular formula is C17H31IN6OS. The fraction of sp³-hybridized carbons (Fsp3) is 0.706. The lowest BCUT2D eigenvalue weighted by atomic mass is 10.1. The third-order valence-electron chi connectivity index (χ3n) is 4.11. The topological polar surface area (TPSA) is 95.6 Å². The van der Waals surface area contributed by atoms with E-state index in [1.165, 1.54) is 0 Å². The number of nitrogens with zero attached hydrogens (tertiary/aromatic N) is 3. The van der Waals surface area contributed by atoms with Crippen molar-refractivity contribution in [1.82, 2.24) is 20.5 Å². The van der Waals surface area contributed by atoms with Crippen LogP contribution in [0.25, 0.3) is 0 Å². The van der Waals surface area contributed by atoms with Crippen LogP contribution in [0.15, 0.2) is 10.4 Å². The summed E-state index contributed by atoms with van der Waals surface area (Å²) in [6.07, 6.45) is 1.96. The minimum absolute atomic E-state index is 0. The number of aromatic nitrogens is 1. The van der Waals surface area contributed by atoms with E-state index in [1.807, 2.05) is 0 Å². The fourth-order valence-corrected chi connectivity index (χ4v) is 3.62. The average Bonchev–Trinajstić information content (AvgIpc) is 3.03. The second-order valence-corrected chi connectivity index (χ2v) is 7.58. The Bertz CT molecular complexity index is 584. The molecule has 2 rings (SSSR count). The molecule has 26 heavy (non-hydrogen) atoms. The molecule has 1 saturated heterocycles. The normalized spacial score (nSPS) is 16.4. The maximum Gasteiger partial charge on any atom is 0.231 e. The van der Waals surface area contributed by atoms with Gasteiger partial charge in [0.15, 0.2) is 5.96 Å². The Morgan fingerprint density at radius 1 is 1.46 bits per heavy atom. The van der Waals surface area contributed by atoms with Crippen LogP contribution in [-0.4, -0.2) is 54.0 Å². The molecule has 7 nitrogen and oxygen atoms in total. The van der Waals surface area contributed by atoms with E-state index in [0.29, 0.717) is 25.0 Å². The van der Waals surface area contributed by atoms with E-state index in [9.17, 15) is 4.79 Å². The van der Waals surface area contributed by atoms with Crippen molar-refractivity contribution in [3.05, 3.63) is 16.1 Å². The van der Waals surface area contributed by atoms with Gasteiger partial charge in [-0.05, 0) is 19.8 Å². The van der Waals surface area contributed by atoms with Crippen LogP contribution < -0.4 is 16.4 Å². The number of nitrogens with one attached hydrogen (secondary N) is 2. The van der Waals surface area contributed by atoms with Crippen molar-refractivity contribution in [3.8, 4) is 0 Å². The van der Waals surface area contributed by atoms with Gasteiger partial charge in [-0.3, -0.25) is 9.69 Å². The Labute approximate surface area is 177 Å². The Kier molecular flexibility index (Phi) is 10.4. The highest BCUT2D eigenvalue weighted by Crippen LogP contribution is 2.19. The van der Waals surface area contributed by atoms with E-state index in [0.717, 1.165) is 49.1 Å². The molecule has 0 radical (unpaired) electrons. The second kappa shape index (κ2) is 11.7. The molecule has 2 heterocycles. The first kappa shape index (κ1) is 23.1. The zero-order valence-electron chi connectivity index (χ0n) is 15.8. The lowest BCUT2D eigenvalue weighted by Crippen LogP contribution is -2.49. The van der Waals surface area contributed by atoms with Gasteiger partial charge in [-0.1, -0.05) is 13.8 Å². The number of thiazole rings is 1. The molecule has 1 aliphatic rings. The number of primary amides is 1. The van der Waals surface area contributed by atoms with Gasteiger partial charge in [0.1, 0.15) is 0 Å². The smallest absolute Gasteiger partial charge is 0.231 e. The molecule has 0 bridgehead atoms. The molecule has 9 heteroatoms. The van der Waals surface area contributed by atoms with Gasteiger partial charge >= 0.3 is 0 Å². The Morgan fingerprint density at radius 2 is 2.15 bits per heavy atom. The van der Waals surface area contributed by atoms with E-state index in [-0.39, 0.29) is 29.9 Å². The van der Waals surface area contributed by atoms with Gasteiger partial charge in [-0.2, -0.15) is 0 Å². The lowest BCUT2D eigenvalue weighted by Gasteiger charge is -2.32. The van der Waals surface area contributed by atoms with Gasteiger partial charge in [0.2, 0.25) is 5.91 Å².